The lowest BCUT2D eigenvalue weighted by Gasteiger charge is -2.11. The predicted octanol–water partition coefficient (Wildman–Crippen LogP) is 3.31. The summed E-state index contributed by atoms with van der Waals surface area (Å²) in [6, 6.07) is 13.3. The number of ether oxygens (including phenoxy) is 2. The zero-order chi connectivity index (χ0) is 14.8. The van der Waals surface area contributed by atoms with Crippen LogP contribution in [-0.4, -0.2) is 25.1 Å². The van der Waals surface area contributed by atoms with Crippen LogP contribution in [0.2, 0.25) is 0 Å². The molecule has 2 aromatic carbocycles. The van der Waals surface area contributed by atoms with Gasteiger partial charge in [0.05, 0.1) is 12.2 Å². The summed E-state index contributed by atoms with van der Waals surface area (Å²) < 4.78 is 10.9. The number of ketones is 1. The minimum absolute atomic E-state index is 0.0123. The fourth-order valence-electron chi connectivity index (χ4n) is 2.14. The first-order chi connectivity index (χ1) is 10.1. The van der Waals surface area contributed by atoms with E-state index in [1.54, 1.807) is 0 Å². The first kappa shape index (κ1) is 13.8. The molecule has 3 heteroatoms. The highest BCUT2D eigenvalue weighted by atomic mass is 16.6. The molecule has 3 nitrogen and oxygen atoms in total. The second kappa shape index (κ2) is 5.70. The largest absolute Gasteiger partial charge is 0.490 e. The number of carbonyl (C=O) groups excluding carboxylic acids is 1. The molecular weight excluding hydrogens is 264 g/mol. The molecule has 0 saturated carbocycles. The SMILES string of the molecule is Cc1ccc(C(=O)c2ccc(C)cc2OCC2CO2)cc1. The molecule has 0 spiro atoms. The average molecular weight is 282 g/mol. The zero-order valence-electron chi connectivity index (χ0n) is 12.3. The normalized spacial score (nSPS) is 16.6. The van der Waals surface area contributed by atoms with Gasteiger partial charge in [-0.2, -0.15) is 0 Å². The van der Waals surface area contributed by atoms with Crippen molar-refractivity contribution in [3.8, 4) is 5.75 Å². The smallest absolute Gasteiger partial charge is 0.196 e. The quantitative estimate of drug-likeness (QED) is 0.624. The van der Waals surface area contributed by atoms with Gasteiger partial charge < -0.3 is 9.47 Å². The van der Waals surface area contributed by atoms with E-state index in [9.17, 15) is 4.79 Å². The third-order valence-electron chi connectivity index (χ3n) is 3.52. The minimum atomic E-state index is -0.0123. The molecule has 0 radical (unpaired) electrons. The highest BCUT2D eigenvalue weighted by molar-refractivity contribution is 6.10. The fourth-order valence-corrected chi connectivity index (χ4v) is 2.14. The Bertz CT molecular complexity index is 655. The van der Waals surface area contributed by atoms with Gasteiger partial charge in [0.25, 0.3) is 0 Å². The molecule has 1 fully saturated rings. The molecule has 0 amide bonds. The van der Waals surface area contributed by atoms with Crippen LogP contribution in [0.5, 0.6) is 5.75 Å². The lowest BCUT2D eigenvalue weighted by molar-refractivity contribution is 0.103. The standard InChI is InChI=1S/C18H18O3/c1-12-3-6-14(7-4-12)18(19)16-8-5-13(2)9-17(16)21-11-15-10-20-15/h3-9,15H,10-11H2,1-2H3. The van der Waals surface area contributed by atoms with Crippen LogP contribution in [0.15, 0.2) is 42.5 Å². The van der Waals surface area contributed by atoms with E-state index in [2.05, 4.69) is 0 Å². The van der Waals surface area contributed by atoms with Crippen LogP contribution in [-0.2, 0) is 4.74 Å². The Morgan fingerprint density at radius 1 is 1.14 bits per heavy atom. The monoisotopic (exact) mass is 282 g/mol. The van der Waals surface area contributed by atoms with Crippen molar-refractivity contribution in [3.63, 3.8) is 0 Å². The van der Waals surface area contributed by atoms with E-state index in [0.717, 1.165) is 17.7 Å². The van der Waals surface area contributed by atoms with E-state index >= 15 is 0 Å². The molecule has 1 unspecified atom stereocenters. The lowest BCUT2D eigenvalue weighted by Crippen LogP contribution is -2.09. The Balaban J connectivity index is 1.88. The Kier molecular flexibility index (Phi) is 3.76. The number of hydrogen-bond donors (Lipinski definition) is 0. The first-order valence-corrected chi connectivity index (χ1v) is 7.10. The molecular formula is C18H18O3. The van der Waals surface area contributed by atoms with Crippen molar-refractivity contribution < 1.29 is 14.3 Å². The topological polar surface area (TPSA) is 38.8 Å². The zero-order valence-corrected chi connectivity index (χ0v) is 12.3. The molecule has 1 aliphatic rings. The Morgan fingerprint density at radius 2 is 1.81 bits per heavy atom. The summed E-state index contributed by atoms with van der Waals surface area (Å²) in [6.07, 6.45) is 0.174. The van der Waals surface area contributed by atoms with Gasteiger partial charge in [-0.25, -0.2) is 0 Å². The van der Waals surface area contributed by atoms with Gasteiger partial charge >= 0.3 is 0 Å². The first-order valence-electron chi connectivity index (χ1n) is 7.10. The Labute approximate surface area is 124 Å². The summed E-state index contributed by atoms with van der Waals surface area (Å²) in [5.74, 6) is 0.623. The maximum absolute atomic E-state index is 12.6. The molecule has 21 heavy (non-hydrogen) atoms. The van der Waals surface area contributed by atoms with E-state index in [-0.39, 0.29) is 11.9 Å². The van der Waals surface area contributed by atoms with Crippen molar-refractivity contribution in [2.75, 3.05) is 13.2 Å². The molecule has 1 saturated heterocycles. The van der Waals surface area contributed by atoms with Crippen LogP contribution >= 0.6 is 0 Å². The van der Waals surface area contributed by atoms with Gasteiger partial charge in [0.15, 0.2) is 5.78 Å². The molecule has 0 N–H and O–H groups in total. The van der Waals surface area contributed by atoms with Gasteiger partial charge in [0.1, 0.15) is 18.5 Å². The van der Waals surface area contributed by atoms with E-state index in [4.69, 9.17) is 9.47 Å². The van der Waals surface area contributed by atoms with Gasteiger partial charge in [-0.3, -0.25) is 4.79 Å². The predicted molar refractivity (Wildman–Crippen MR) is 81.0 cm³/mol. The van der Waals surface area contributed by atoms with Crippen molar-refractivity contribution in [1.29, 1.82) is 0 Å². The van der Waals surface area contributed by atoms with Crippen LogP contribution in [0, 0.1) is 13.8 Å². The molecule has 3 rings (SSSR count). The van der Waals surface area contributed by atoms with Gasteiger partial charge in [-0.05, 0) is 31.5 Å². The van der Waals surface area contributed by atoms with Crippen LogP contribution < -0.4 is 4.74 Å². The number of rotatable bonds is 5. The molecule has 1 atom stereocenters. The highest BCUT2D eigenvalue weighted by Gasteiger charge is 2.24. The van der Waals surface area contributed by atoms with Crippen LogP contribution in [0.25, 0.3) is 0 Å². The van der Waals surface area contributed by atoms with Crippen molar-refractivity contribution in [2.24, 2.45) is 0 Å². The second-order valence-electron chi connectivity index (χ2n) is 5.46. The number of hydrogen-bond acceptors (Lipinski definition) is 3. The summed E-state index contributed by atoms with van der Waals surface area (Å²) in [4.78, 5) is 12.6. The number of epoxide rings is 1. The summed E-state index contributed by atoms with van der Waals surface area (Å²) in [7, 11) is 0. The van der Waals surface area contributed by atoms with Crippen molar-refractivity contribution in [1.82, 2.24) is 0 Å². The van der Waals surface area contributed by atoms with Crippen molar-refractivity contribution in [3.05, 3.63) is 64.7 Å². The lowest BCUT2D eigenvalue weighted by atomic mass is 10.0. The summed E-state index contributed by atoms with van der Waals surface area (Å²) >= 11 is 0. The molecule has 1 heterocycles. The average Bonchev–Trinajstić information content (AvgIpc) is 3.29. The van der Waals surface area contributed by atoms with Crippen LogP contribution in [0.3, 0.4) is 0 Å². The van der Waals surface area contributed by atoms with Gasteiger partial charge in [-0.1, -0.05) is 35.9 Å². The molecule has 0 aliphatic carbocycles. The minimum Gasteiger partial charge on any atom is -0.490 e. The van der Waals surface area contributed by atoms with Crippen LogP contribution in [0.4, 0.5) is 0 Å². The summed E-state index contributed by atoms with van der Waals surface area (Å²) in [5, 5.41) is 0. The van der Waals surface area contributed by atoms with E-state index in [0.29, 0.717) is 23.5 Å². The number of carbonyl (C=O) groups is 1. The third kappa shape index (κ3) is 3.31. The number of benzene rings is 2. The Hall–Kier alpha value is -2.13. The fraction of sp³-hybridized carbons (Fsp3) is 0.278. The second-order valence-corrected chi connectivity index (χ2v) is 5.46. The van der Waals surface area contributed by atoms with Gasteiger partial charge in [-0.15, -0.1) is 0 Å². The van der Waals surface area contributed by atoms with Crippen LogP contribution in [0.1, 0.15) is 27.0 Å². The van der Waals surface area contributed by atoms with Crippen molar-refractivity contribution >= 4 is 5.78 Å². The molecule has 0 bridgehead atoms. The molecule has 1 aliphatic heterocycles. The van der Waals surface area contributed by atoms with Gasteiger partial charge in [0, 0.05) is 5.56 Å². The van der Waals surface area contributed by atoms with Crippen molar-refractivity contribution in [2.45, 2.75) is 20.0 Å². The maximum atomic E-state index is 12.6. The maximum Gasteiger partial charge on any atom is 0.196 e. The summed E-state index contributed by atoms with van der Waals surface area (Å²) in [6.45, 7) is 5.23. The highest BCUT2D eigenvalue weighted by Crippen LogP contribution is 2.25. The summed E-state index contributed by atoms with van der Waals surface area (Å²) in [5.41, 5.74) is 3.49. The van der Waals surface area contributed by atoms with Gasteiger partial charge in [0.2, 0.25) is 0 Å². The van der Waals surface area contributed by atoms with E-state index < -0.39 is 0 Å². The Morgan fingerprint density at radius 3 is 2.48 bits per heavy atom. The molecule has 108 valence electrons. The number of aryl methyl sites for hydroxylation is 2. The molecule has 2 aromatic rings. The third-order valence-corrected chi connectivity index (χ3v) is 3.52. The molecule has 0 aromatic heterocycles. The van der Waals surface area contributed by atoms with E-state index in [1.807, 2.05) is 56.3 Å². The van der Waals surface area contributed by atoms with E-state index in [1.165, 1.54) is 0 Å².